The number of benzene rings is 1. The van der Waals surface area contributed by atoms with Gasteiger partial charge in [-0.05, 0) is 44.4 Å². The van der Waals surface area contributed by atoms with Crippen LogP contribution in [0.25, 0.3) is 11.1 Å². The third-order valence-electron chi connectivity index (χ3n) is 5.38. The zero-order valence-corrected chi connectivity index (χ0v) is 15.4. The number of rotatable bonds is 5. The van der Waals surface area contributed by atoms with Gasteiger partial charge < -0.3 is 14.9 Å². The van der Waals surface area contributed by atoms with Crippen LogP contribution in [-0.2, 0) is 11.3 Å². The molecule has 1 saturated carbocycles. The third-order valence-corrected chi connectivity index (χ3v) is 5.38. The fraction of sp³-hybridized carbons (Fsp3) is 0.500. The summed E-state index contributed by atoms with van der Waals surface area (Å²) in [6.07, 6.45) is 5.79. The summed E-state index contributed by atoms with van der Waals surface area (Å²) in [6, 6.07) is 6.65. The lowest BCUT2D eigenvalue weighted by molar-refractivity contribution is -0.119. The normalized spacial score (nSPS) is 19.6. The van der Waals surface area contributed by atoms with E-state index in [-0.39, 0.29) is 18.4 Å². The standard InChI is InChI=1S/C20H26N4O2/c1-3-23-14(2)12-24(20(26)15-4-5-15)19-10-16(6-7-18(19)23)17-11-21-22(13-17)8-9-25/h6-7,10-11,13-15,25H,3-5,8-9,12H2,1-2H3/t14-/m0/s1. The van der Waals surface area contributed by atoms with Crippen molar-refractivity contribution in [1.82, 2.24) is 9.78 Å². The SMILES string of the molecule is CCN1c2ccc(-c3cnn(CCO)c3)cc2N(C(=O)C2CC2)C[C@@H]1C. The molecule has 6 heteroatoms. The van der Waals surface area contributed by atoms with Gasteiger partial charge in [-0.25, -0.2) is 0 Å². The molecule has 138 valence electrons. The second-order valence-electron chi connectivity index (χ2n) is 7.28. The molecule has 1 N–H and O–H groups in total. The minimum Gasteiger partial charge on any atom is -0.394 e. The number of aliphatic hydroxyl groups excluding tert-OH is 1. The first kappa shape index (κ1) is 17.1. The van der Waals surface area contributed by atoms with E-state index in [1.165, 1.54) is 0 Å². The van der Waals surface area contributed by atoms with E-state index in [1.807, 2.05) is 17.3 Å². The minimum absolute atomic E-state index is 0.0678. The Morgan fingerprint density at radius 1 is 1.27 bits per heavy atom. The number of aromatic nitrogens is 2. The Labute approximate surface area is 154 Å². The Balaban J connectivity index is 1.74. The number of hydrogen-bond acceptors (Lipinski definition) is 4. The molecule has 0 bridgehead atoms. The van der Waals surface area contributed by atoms with Crippen molar-refractivity contribution in [1.29, 1.82) is 0 Å². The van der Waals surface area contributed by atoms with Crippen molar-refractivity contribution >= 4 is 17.3 Å². The van der Waals surface area contributed by atoms with E-state index in [1.54, 1.807) is 4.68 Å². The van der Waals surface area contributed by atoms with Crippen LogP contribution in [0.5, 0.6) is 0 Å². The number of hydrogen-bond donors (Lipinski definition) is 1. The molecule has 2 heterocycles. The van der Waals surface area contributed by atoms with Gasteiger partial charge in [0.05, 0.1) is 30.7 Å². The Hall–Kier alpha value is -2.34. The van der Waals surface area contributed by atoms with Crippen LogP contribution in [0.2, 0.25) is 0 Å². The molecule has 1 atom stereocenters. The van der Waals surface area contributed by atoms with Crippen LogP contribution in [0.3, 0.4) is 0 Å². The van der Waals surface area contributed by atoms with Gasteiger partial charge in [-0.2, -0.15) is 5.10 Å². The zero-order valence-electron chi connectivity index (χ0n) is 15.4. The predicted molar refractivity (Wildman–Crippen MR) is 102 cm³/mol. The largest absolute Gasteiger partial charge is 0.394 e. The highest BCUT2D eigenvalue weighted by molar-refractivity contribution is 6.01. The lowest BCUT2D eigenvalue weighted by atomic mass is 10.0. The van der Waals surface area contributed by atoms with Crippen molar-refractivity contribution in [3.8, 4) is 11.1 Å². The molecule has 1 fully saturated rings. The number of carbonyl (C=O) groups is 1. The number of likely N-dealkylation sites (N-methyl/N-ethyl adjacent to an activating group) is 1. The Kier molecular flexibility index (Phi) is 4.44. The molecule has 0 spiro atoms. The van der Waals surface area contributed by atoms with Crippen LogP contribution >= 0.6 is 0 Å². The number of amides is 1. The fourth-order valence-corrected chi connectivity index (χ4v) is 3.84. The molecule has 4 rings (SSSR count). The van der Waals surface area contributed by atoms with Crippen LogP contribution < -0.4 is 9.80 Å². The van der Waals surface area contributed by atoms with E-state index in [2.05, 4.69) is 42.0 Å². The number of anilines is 2. The van der Waals surface area contributed by atoms with Gasteiger partial charge in [-0.15, -0.1) is 0 Å². The van der Waals surface area contributed by atoms with E-state index < -0.39 is 0 Å². The molecule has 1 amide bonds. The van der Waals surface area contributed by atoms with Crippen molar-refractivity contribution in [3.63, 3.8) is 0 Å². The molecule has 0 unspecified atom stereocenters. The Morgan fingerprint density at radius 2 is 2.08 bits per heavy atom. The van der Waals surface area contributed by atoms with Crippen LogP contribution in [0, 0.1) is 5.92 Å². The third kappa shape index (κ3) is 2.98. The molecule has 1 aromatic carbocycles. The molecular formula is C20H26N4O2. The summed E-state index contributed by atoms with van der Waals surface area (Å²) in [6.45, 7) is 6.56. The first-order valence-electron chi connectivity index (χ1n) is 9.48. The lowest BCUT2D eigenvalue weighted by Crippen LogP contribution is -2.50. The van der Waals surface area contributed by atoms with E-state index in [0.29, 0.717) is 12.6 Å². The smallest absolute Gasteiger partial charge is 0.230 e. The van der Waals surface area contributed by atoms with Gasteiger partial charge in [0, 0.05) is 36.8 Å². The fourth-order valence-electron chi connectivity index (χ4n) is 3.84. The van der Waals surface area contributed by atoms with Gasteiger partial charge in [0.2, 0.25) is 5.91 Å². The molecule has 2 aliphatic rings. The molecule has 0 radical (unpaired) electrons. The first-order valence-corrected chi connectivity index (χ1v) is 9.48. The highest BCUT2D eigenvalue weighted by Gasteiger charge is 2.38. The average molecular weight is 354 g/mol. The zero-order chi connectivity index (χ0) is 18.3. The monoisotopic (exact) mass is 354 g/mol. The Bertz CT molecular complexity index is 812. The molecule has 1 aliphatic carbocycles. The van der Waals surface area contributed by atoms with Crippen molar-refractivity contribution in [2.24, 2.45) is 5.92 Å². The number of carbonyl (C=O) groups excluding carboxylic acids is 1. The maximum Gasteiger partial charge on any atom is 0.230 e. The highest BCUT2D eigenvalue weighted by atomic mass is 16.3. The summed E-state index contributed by atoms with van der Waals surface area (Å²) in [7, 11) is 0. The lowest BCUT2D eigenvalue weighted by Gasteiger charge is -2.42. The van der Waals surface area contributed by atoms with Gasteiger partial charge in [-0.3, -0.25) is 9.48 Å². The molecule has 1 aliphatic heterocycles. The van der Waals surface area contributed by atoms with Gasteiger partial charge in [0.25, 0.3) is 0 Å². The second-order valence-corrected chi connectivity index (χ2v) is 7.28. The maximum atomic E-state index is 12.9. The van der Waals surface area contributed by atoms with Crippen molar-refractivity contribution in [3.05, 3.63) is 30.6 Å². The number of fused-ring (bicyclic) bond motifs is 1. The molecule has 1 aromatic heterocycles. The van der Waals surface area contributed by atoms with Crippen molar-refractivity contribution < 1.29 is 9.90 Å². The minimum atomic E-state index is 0.0678. The molecule has 26 heavy (non-hydrogen) atoms. The summed E-state index contributed by atoms with van der Waals surface area (Å²) in [5, 5.41) is 13.4. The van der Waals surface area contributed by atoms with E-state index in [4.69, 9.17) is 5.11 Å². The average Bonchev–Trinajstić information content (AvgIpc) is 3.39. The van der Waals surface area contributed by atoms with Gasteiger partial charge in [0.15, 0.2) is 0 Å². The number of aliphatic hydroxyl groups is 1. The van der Waals surface area contributed by atoms with Crippen LogP contribution in [0.15, 0.2) is 30.6 Å². The van der Waals surface area contributed by atoms with Crippen LogP contribution in [0.1, 0.15) is 26.7 Å². The quantitative estimate of drug-likeness (QED) is 0.896. The highest BCUT2D eigenvalue weighted by Crippen LogP contribution is 2.41. The van der Waals surface area contributed by atoms with Crippen molar-refractivity contribution in [2.45, 2.75) is 39.3 Å². The maximum absolute atomic E-state index is 12.9. The summed E-state index contributed by atoms with van der Waals surface area (Å²) in [5.74, 6) is 0.473. The summed E-state index contributed by atoms with van der Waals surface area (Å²) in [5.41, 5.74) is 4.19. The molecular weight excluding hydrogens is 328 g/mol. The van der Waals surface area contributed by atoms with Gasteiger partial charge in [0.1, 0.15) is 0 Å². The topological polar surface area (TPSA) is 61.6 Å². The molecule has 0 saturated heterocycles. The molecule has 2 aromatic rings. The van der Waals surface area contributed by atoms with E-state index in [9.17, 15) is 4.79 Å². The first-order chi connectivity index (χ1) is 12.6. The van der Waals surface area contributed by atoms with Crippen LogP contribution in [0.4, 0.5) is 11.4 Å². The summed E-state index contributed by atoms with van der Waals surface area (Å²) < 4.78 is 1.74. The van der Waals surface area contributed by atoms with E-state index in [0.717, 1.165) is 48.4 Å². The summed E-state index contributed by atoms with van der Waals surface area (Å²) >= 11 is 0. The second kappa shape index (κ2) is 6.76. The van der Waals surface area contributed by atoms with Gasteiger partial charge in [-0.1, -0.05) is 6.07 Å². The van der Waals surface area contributed by atoms with Gasteiger partial charge >= 0.3 is 0 Å². The van der Waals surface area contributed by atoms with Crippen molar-refractivity contribution in [2.75, 3.05) is 29.5 Å². The number of nitrogens with zero attached hydrogens (tertiary/aromatic N) is 4. The van der Waals surface area contributed by atoms with E-state index >= 15 is 0 Å². The predicted octanol–water partition coefficient (Wildman–Crippen LogP) is 2.51. The Morgan fingerprint density at radius 3 is 2.77 bits per heavy atom. The van der Waals surface area contributed by atoms with Crippen LogP contribution in [-0.4, -0.2) is 46.5 Å². The molecule has 6 nitrogen and oxygen atoms in total. The summed E-state index contributed by atoms with van der Waals surface area (Å²) in [4.78, 5) is 17.2.